The summed E-state index contributed by atoms with van der Waals surface area (Å²) >= 11 is 3.72. The summed E-state index contributed by atoms with van der Waals surface area (Å²) in [7, 11) is 0. The van der Waals surface area contributed by atoms with Crippen LogP contribution in [0.3, 0.4) is 0 Å². The zero-order valence-electron chi connectivity index (χ0n) is 66.9. The Kier molecular flexibility index (Phi) is 16.7. The molecule has 0 unspecified atom stereocenters. The number of para-hydroxylation sites is 9. The fourth-order valence-corrected chi connectivity index (χ4v) is 23.0. The van der Waals surface area contributed by atoms with Crippen LogP contribution in [0.2, 0.25) is 0 Å². The van der Waals surface area contributed by atoms with Crippen molar-refractivity contribution >= 4 is 205 Å². The number of hydrogen-bond donors (Lipinski definition) is 0. The molecule has 0 aliphatic carbocycles. The standard InChI is InChI=1S/C114H72B3N3OS2/c1-3-30-73(31-4-1)83-42-26-43-84(111(83)116-96-51-11-17-58-103(96)119(104-59-18-12-52-97(104)116)81-64-66-109-92(71-81)88-40-7-21-62-107(88)122-109)76-34-23-32-74(68-76)75-33-24-35-77(69-75)85-44-27-45-86(112(85)117-98-53-13-19-60-105(98)120(106-61-20-14-54-99(106)117)82-65-67-110-93(72-82)89-41-8-22-63-108(89)123-110)78-36-25-37-79(70-78)87-46-28-47-90-91-48-29-55-100(114(91)121-113(87)90)115-94-49-9-15-56-101(94)118(80-38-5-2-6-39-80)102-57-16-10-50-95(102)115/h1-72H. The molecule has 3 aliphatic heterocycles. The second kappa shape index (κ2) is 28.9. The third-order valence-electron chi connectivity index (χ3n) is 26.1. The number of hydrogen-bond acceptors (Lipinski definition) is 6. The Labute approximate surface area is 722 Å². The highest BCUT2D eigenvalue weighted by molar-refractivity contribution is 7.26. The van der Waals surface area contributed by atoms with Gasteiger partial charge in [0.05, 0.1) is 0 Å². The first-order valence-electron chi connectivity index (χ1n) is 42.4. The lowest BCUT2D eigenvalue weighted by atomic mass is 9.33. The number of furan rings is 1. The molecule has 0 saturated carbocycles. The molecule has 4 nitrogen and oxygen atoms in total. The van der Waals surface area contributed by atoms with Gasteiger partial charge in [-0.1, -0.05) is 332 Å². The smallest absolute Gasteiger partial charge is 0.251 e. The molecule has 3 aliphatic rings. The maximum absolute atomic E-state index is 7.55. The molecular formula is C114H72B3N3OS2. The first kappa shape index (κ1) is 71.0. The van der Waals surface area contributed by atoms with Crippen molar-refractivity contribution in [3.63, 3.8) is 0 Å². The Bertz CT molecular complexity index is 7910. The van der Waals surface area contributed by atoms with E-state index in [2.05, 4.69) is 451 Å². The number of thiophene rings is 2. The second-order valence-electron chi connectivity index (χ2n) is 32.7. The van der Waals surface area contributed by atoms with E-state index in [-0.39, 0.29) is 20.1 Å². The monoisotopic (exact) mass is 1600 g/mol. The maximum Gasteiger partial charge on any atom is 0.251 e. The van der Waals surface area contributed by atoms with Gasteiger partial charge in [-0.3, -0.25) is 0 Å². The van der Waals surface area contributed by atoms with Crippen LogP contribution in [0.15, 0.2) is 441 Å². The van der Waals surface area contributed by atoms with Crippen LogP contribution in [-0.2, 0) is 0 Å². The van der Waals surface area contributed by atoms with E-state index in [0.717, 1.165) is 112 Å². The first-order valence-corrected chi connectivity index (χ1v) is 44.1. The molecule has 25 rings (SSSR count). The summed E-state index contributed by atoms with van der Waals surface area (Å²) in [6, 6.07) is 163. The molecule has 0 saturated heterocycles. The summed E-state index contributed by atoms with van der Waals surface area (Å²) in [5.41, 5.74) is 37.0. The zero-order chi connectivity index (χ0) is 80.7. The molecule has 0 atom stereocenters. The van der Waals surface area contributed by atoms with Crippen molar-refractivity contribution in [1.29, 1.82) is 0 Å². The number of nitrogens with zero attached hydrogens (tertiary/aromatic N) is 3. The van der Waals surface area contributed by atoms with E-state index in [9.17, 15) is 0 Å². The Balaban J connectivity index is 0.645. The van der Waals surface area contributed by atoms with Gasteiger partial charge in [-0.15, -0.1) is 22.7 Å². The number of rotatable bonds is 12. The van der Waals surface area contributed by atoms with E-state index in [1.165, 1.54) is 118 Å². The average Bonchev–Trinajstić information content (AvgIpc) is 1.59. The highest BCUT2D eigenvalue weighted by atomic mass is 32.1. The van der Waals surface area contributed by atoms with Gasteiger partial charge in [-0.2, -0.15) is 0 Å². The summed E-state index contributed by atoms with van der Waals surface area (Å²) in [5.74, 6) is 0. The van der Waals surface area contributed by atoms with Gasteiger partial charge in [0.1, 0.15) is 11.2 Å². The van der Waals surface area contributed by atoms with Crippen LogP contribution in [0.5, 0.6) is 0 Å². The molecule has 0 spiro atoms. The van der Waals surface area contributed by atoms with Gasteiger partial charge in [-0.25, -0.2) is 0 Å². The minimum Gasteiger partial charge on any atom is -0.456 e. The molecule has 0 amide bonds. The molecule has 123 heavy (non-hydrogen) atoms. The molecule has 9 heteroatoms. The molecule has 0 bridgehead atoms. The van der Waals surface area contributed by atoms with Gasteiger partial charge in [0.25, 0.3) is 6.71 Å². The lowest BCUT2D eigenvalue weighted by Crippen LogP contribution is -2.58. The predicted molar refractivity (Wildman–Crippen MR) is 529 cm³/mol. The van der Waals surface area contributed by atoms with Crippen LogP contribution in [-0.4, -0.2) is 20.1 Å². The molecule has 0 N–H and O–H groups in total. The zero-order valence-corrected chi connectivity index (χ0v) is 68.5. The average molecular weight is 1600 g/mol. The van der Waals surface area contributed by atoms with Crippen molar-refractivity contribution in [2.45, 2.75) is 0 Å². The lowest BCUT2D eigenvalue weighted by molar-refractivity contribution is 0.672. The molecule has 0 fully saturated rings. The van der Waals surface area contributed by atoms with Crippen molar-refractivity contribution in [1.82, 2.24) is 0 Å². The molecule has 19 aromatic carbocycles. The molecular weight excluding hydrogens is 1520 g/mol. The first-order chi connectivity index (χ1) is 61.0. The summed E-state index contributed by atoms with van der Waals surface area (Å²) in [4.78, 5) is 7.44. The lowest BCUT2D eigenvalue weighted by Gasteiger charge is -2.38. The van der Waals surface area contributed by atoms with Crippen LogP contribution < -0.4 is 63.9 Å². The van der Waals surface area contributed by atoms with Crippen molar-refractivity contribution in [2.75, 3.05) is 14.7 Å². The third-order valence-corrected chi connectivity index (χ3v) is 28.4. The van der Waals surface area contributed by atoms with Crippen molar-refractivity contribution < 1.29 is 4.42 Å². The highest BCUT2D eigenvalue weighted by Crippen LogP contribution is 2.47. The third kappa shape index (κ3) is 11.5. The Morgan fingerprint density at radius 2 is 0.472 bits per heavy atom. The van der Waals surface area contributed by atoms with Gasteiger partial charge >= 0.3 is 0 Å². The summed E-state index contributed by atoms with van der Waals surface area (Å²) < 4.78 is 12.7. The van der Waals surface area contributed by atoms with E-state index < -0.39 is 0 Å². The number of fused-ring (bicyclic) bond motifs is 15. The minimum atomic E-state index is -0.212. The van der Waals surface area contributed by atoms with Crippen LogP contribution >= 0.6 is 22.7 Å². The van der Waals surface area contributed by atoms with Gasteiger partial charge in [0.15, 0.2) is 0 Å². The fraction of sp³-hybridized carbons (Fsp3) is 0. The highest BCUT2D eigenvalue weighted by Gasteiger charge is 2.42. The molecule has 22 aromatic rings. The topological polar surface area (TPSA) is 22.9 Å². The molecule has 3 aromatic heterocycles. The van der Waals surface area contributed by atoms with E-state index in [1.807, 2.05) is 22.7 Å². The Morgan fingerprint density at radius 3 is 0.927 bits per heavy atom. The van der Waals surface area contributed by atoms with Gasteiger partial charge in [0, 0.05) is 108 Å². The fourth-order valence-electron chi connectivity index (χ4n) is 20.8. The van der Waals surface area contributed by atoms with E-state index >= 15 is 0 Å². The van der Waals surface area contributed by atoms with Crippen LogP contribution in [0.4, 0.5) is 51.2 Å². The Morgan fingerprint density at radius 1 is 0.179 bits per heavy atom. The Hall–Kier alpha value is -15.0. The second-order valence-corrected chi connectivity index (χ2v) is 34.9. The van der Waals surface area contributed by atoms with E-state index in [1.54, 1.807) is 0 Å². The van der Waals surface area contributed by atoms with Crippen molar-refractivity contribution in [2.24, 2.45) is 0 Å². The van der Waals surface area contributed by atoms with Crippen molar-refractivity contribution in [3.8, 4) is 66.8 Å². The summed E-state index contributed by atoms with van der Waals surface area (Å²) in [6.07, 6.45) is 0. The predicted octanol–water partition coefficient (Wildman–Crippen LogP) is 25.2. The quantitative estimate of drug-likeness (QED) is 0.114. The van der Waals surface area contributed by atoms with E-state index in [0.29, 0.717) is 0 Å². The van der Waals surface area contributed by atoms with Crippen molar-refractivity contribution in [3.05, 3.63) is 437 Å². The van der Waals surface area contributed by atoms with Crippen LogP contribution in [0.1, 0.15) is 0 Å². The summed E-state index contributed by atoms with van der Waals surface area (Å²) in [5, 5.41) is 7.31. The molecule has 6 heterocycles. The molecule has 570 valence electrons. The van der Waals surface area contributed by atoms with Crippen LogP contribution in [0, 0.1) is 0 Å². The van der Waals surface area contributed by atoms with E-state index in [4.69, 9.17) is 4.42 Å². The number of anilines is 9. The minimum absolute atomic E-state index is 0.0903. The van der Waals surface area contributed by atoms with Gasteiger partial charge in [0.2, 0.25) is 13.4 Å². The molecule has 0 radical (unpaired) electrons. The van der Waals surface area contributed by atoms with Crippen LogP contribution in [0.25, 0.3) is 129 Å². The maximum atomic E-state index is 7.55. The van der Waals surface area contributed by atoms with Gasteiger partial charge < -0.3 is 19.1 Å². The largest absolute Gasteiger partial charge is 0.456 e. The normalized spacial score (nSPS) is 12.8. The SMILES string of the molecule is c1ccc(-c2cccc(-c3cccc(-c4cccc(-c5cccc(-c6cccc(-c7cccc8c7oc7c(B9c%10ccccc%10N(c%10ccccc%10)c%10ccccc%109)cccc78)c6)c5B5c6ccccc6N(c6ccc7sc8ccccc8c7c6)c6ccccc65)c4)c3)c2B2c3ccccc3N(c3ccc4sc5ccccc5c4c3)c3ccccc32)cc1. The summed E-state index contributed by atoms with van der Waals surface area (Å²) in [6.45, 7) is -0.426. The number of benzene rings is 19. The van der Waals surface area contributed by atoms with Gasteiger partial charge in [-0.05, 0) is 215 Å².